The smallest absolute Gasteiger partial charge is 0.326 e. The first kappa shape index (κ1) is 29.5. The molecule has 0 aliphatic rings. The number of rotatable bonds is 12. The van der Waals surface area contributed by atoms with Crippen LogP contribution in [0.1, 0.15) is 16.7 Å². The fourth-order valence-corrected chi connectivity index (χ4v) is 5.69. The number of halogens is 1. The number of benzene rings is 3. The molecule has 0 spiro atoms. The average molecular weight is 575 g/mol. The lowest BCUT2D eigenvalue weighted by Crippen LogP contribution is -3.00. The number of hydrogen-bond acceptors (Lipinski definition) is 3. The minimum Gasteiger partial charge on any atom is -1.00 e. The molecule has 0 radical (unpaired) electrons. The summed E-state index contributed by atoms with van der Waals surface area (Å²) in [4.78, 5) is 36.1. The number of hydrogen-bond donors (Lipinski definition) is 4. The van der Waals surface area contributed by atoms with Crippen LogP contribution < -0.4 is 28.0 Å². The molecule has 4 atom stereocenters. The Hall–Kier alpha value is -2.77. The van der Waals surface area contributed by atoms with Gasteiger partial charge in [-0.25, -0.2) is 4.79 Å². The molecule has 6 N–H and O–H groups in total. The first-order chi connectivity index (χ1) is 16.7. The Labute approximate surface area is 222 Å². The fraction of sp³-hybridized carbons (Fsp3) is 0.259. The van der Waals surface area contributed by atoms with Crippen molar-refractivity contribution < 1.29 is 46.9 Å². The van der Waals surface area contributed by atoms with Gasteiger partial charge in [0.2, 0.25) is 5.91 Å². The summed E-state index contributed by atoms with van der Waals surface area (Å²) in [6.45, 7) is 0. The molecule has 0 aliphatic heterocycles. The molecule has 0 fully saturated rings. The van der Waals surface area contributed by atoms with Crippen molar-refractivity contribution in [2.45, 2.75) is 31.1 Å². The third kappa shape index (κ3) is 9.03. The van der Waals surface area contributed by atoms with Crippen molar-refractivity contribution >= 4 is 19.2 Å². The van der Waals surface area contributed by atoms with Crippen LogP contribution in [0.15, 0.2) is 91.0 Å². The number of amides is 1. The molecule has 0 saturated heterocycles. The van der Waals surface area contributed by atoms with E-state index in [1.807, 2.05) is 66.7 Å². The minimum absolute atomic E-state index is 0. The maximum Gasteiger partial charge on any atom is 0.326 e. The monoisotopic (exact) mass is 574 g/mol. The van der Waals surface area contributed by atoms with Gasteiger partial charge >= 0.3 is 5.97 Å². The van der Waals surface area contributed by atoms with Crippen LogP contribution in [0.3, 0.4) is 0 Å². The lowest BCUT2D eigenvalue weighted by atomic mass is 9.99. The first-order valence-electron chi connectivity index (χ1n) is 11.5. The van der Waals surface area contributed by atoms with Crippen LogP contribution in [0.2, 0.25) is 0 Å². The quantitative estimate of drug-likeness (QED) is 0.221. The van der Waals surface area contributed by atoms with Crippen LogP contribution >= 0.6 is 7.37 Å². The molecular formula is C27H32BrN2O5P. The minimum atomic E-state index is -3.85. The standard InChI is InChI=1S/C27H31N2O5P.BrH/c28-25(18-22-14-8-3-9-15-22)35(33,34)19-23(16-20-10-4-1-5-11-20)26(30)29-24(27(31)32)17-21-12-6-2-7-13-21;/h1-15,23-25H,16-19,28H2,(H,29,30)(H,31,32)(H,33,34);1H/t23-,24-,25+;/m0./s1. The molecule has 1 amide bonds. The number of aliphatic carboxylic acids is 1. The number of carboxylic acids is 1. The fourth-order valence-electron chi connectivity index (χ4n) is 3.97. The van der Waals surface area contributed by atoms with E-state index in [9.17, 15) is 24.2 Å². The summed E-state index contributed by atoms with van der Waals surface area (Å²) in [6.07, 6.45) is 0.349. The van der Waals surface area contributed by atoms with Crippen molar-refractivity contribution in [1.82, 2.24) is 5.32 Å². The molecule has 0 aliphatic carbocycles. The molecule has 7 nitrogen and oxygen atoms in total. The summed E-state index contributed by atoms with van der Waals surface area (Å²) in [5.74, 6) is -3.40. The molecule has 3 aromatic carbocycles. The van der Waals surface area contributed by atoms with Gasteiger partial charge in [-0.05, 0) is 23.1 Å². The maximum atomic E-state index is 13.3. The summed E-state index contributed by atoms with van der Waals surface area (Å²) < 4.78 is 13.3. The van der Waals surface area contributed by atoms with Crippen LogP contribution in [-0.4, -0.2) is 39.9 Å². The van der Waals surface area contributed by atoms with E-state index in [2.05, 4.69) is 11.1 Å². The Bertz CT molecular complexity index is 1150. The van der Waals surface area contributed by atoms with Gasteiger partial charge in [-0.3, -0.25) is 9.36 Å². The van der Waals surface area contributed by atoms with E-state index in [0.717, 1.165) is 16.7 Å². The third-order valence-electron chi connectivity index (χ3n) is 5.96. The number of carbonyl (C=O) groups is 2. The lowest BCUT2D eigenvalue weighted by Gasteiger charge is -2.24. The topological polar surface area (TPSA) is 131 Å². The first-order valence-corrected chi connectivity index (χ1v) is 13.5. The molecule has 0 aromatic heterocycles. The van der Waals surface area contributed by atoms with Crippen LogP contribution in [-0.2, 0) is 33.4 Å². The zero-order chi connectivity index (χ0) is 25.3. The van der Waals surface area contributed by atoms with E-state index in [1.165, 1.54) is 0 Å². The Morgan fingerprint density at radius 2 is 1.19 bits per heavy atom. The van der Waals surface area contributed by atoms with E-state index in [4.69, 9.17) is 0 Å². The molecule has 9 heteroatoms. The van der Waals surface area contributed by atoms with Crippen LogP contribution in [0.4, 0.5) is 0 Å². The van der Waals surface area contributed by atoms with Crippen molar-refractivity contribution in [3.05, 3.63) is 108 Å². The second-order valence-corrected chi connectivity index (χ2v) is 11.4. The average Bonchev–Trinajstić information content (AvgIpc) is 2.85. The van der Waals surface area contributed by atoms with Crippen molar-refractivity contribution in [3.8, 4) is 0 Å². The predicted molar refractivity (Wildman–Crippen MR) is 135 cm³/mol. The van der Waals surface area contributed by atoms with E-state index in [0.29, 0.717) is 6.42 Å². The van der Waals surface area contributed by atoms with Crippen molar-refractivity contribution in [1.29, 1.82) is 0 Å². The van der Waals surface area contributed by atoms with E-state index in [1.54, 1.807) is 24.3 Å². The largest absolute Gasteiger partial charge is 1.00 e. The summed E-state index contributed by atoms with van der Waals surface area (Å²) in [7, 11) is -3.85. The highest BCUT2D eigenvalue weighted by molar-refractivity contribution is 7.58. The normalized spacial score (nSPS) is 14.9. The molecule has 3 aromatic rings. The Morgan fingerprint density at radius 3 is 1.64 bits per heavy atom. The van der Waals surface area contributed by atoms with Gasteiger partial charge in [0, 0.05) is 19.0 Å². The van der Waals surface area contributed by atoms with Gasteiger partial charge in [-0.2, -0.15) is 0 Å². The molecule has 36 heavy (non-hydrogen) atoms. The van der Waals surface area contributed by atoms with Crippen LogP contribution in [0.25, 0.3) is 0 Å². The van der Waals surface area contributed by atoms with Gasteiger partial charge < -0.3 is 38.0 Å². The molecule has 192 valence electrons. The Balaban J connectivity index is 0.00000456. The summed E-state index contributed by atoms with van der Waals surface area (Å²) in [5, 5.41) is 12.3. The van der Waals surface area contributed by atoms with Gasteiger partial charge in [0.15, 0.2) is 5.78 Å². The van der Waals surface area contributed by atoms with Crippen molar-refractivity contribution in [2.75, 3.05) is 6.16 Å². The second-order valence-electron chi connectivity index (χ2n) is 8.76. The second kappa shape index (κ2) is 14.1. The predicted octanol–water partition coefficient (Wildman–Crippen LogP) is -0.257. The number of carboxylic acid groups (broad SMARTS) is 1. The van der Waals surface area contributed by atoms with E-state index < -0.39 is 37.0 Å². The number of quaternary nitrogens is 1. The maximum absolute atomic E-state index is 13.3. The Morgan fingerprint density at radius 1 is 0.778 bits per heavy atom. The Kier molecular flexibility index (Phi) is 11.5. The zero-order valence-corrected chi connectivity index (χ0v) is 22.4. The van der Waals surface area contributed by atoms with Crippen molar-refractivity contribution in [2.24, 2.45) is 5.92 Å². The molecule has 0 bridgehead atoms. The third-order valence-corrected chi connectivity index (χ3v) is 8.25. The zero-order valence-electron chi connectivity index (χ0n) is 19.9. The van der Waals surface area contributed by atoms with Gasteiger partial charge in [0.25, 0.3) is 7.37 Å². The molecule has 1 unspecified atom stereocenters. The highest BCUT2D eigenvalue weighted by Gasteiger charge is 2.37. The van der Waals surface area contributed by atoms with E-state index >= 15 is 0 Å². The highest BCUT2D eigenvalue weighted by Crippen LogP contribution is 2.46. The summed E-state index contributed by atoms with van der Waals surface area (Å²) >= 11 is 0. The molecule has 3 rings (SSSR count). The highest BCUT2D eigenvalue weighted by atomic mass is 79.9. The molecule has 0 saturated carbocycles. The number of nitrogens with one attached hydrogen (secondary N) is 1. The van der Waals surface area contributed by atoms with Gasteiger partial charge in [0.1, 0.15) is 6.04 Å². The van der Waals surface area contributed by atoms with Crippen molar-refractivity contribution in [3.63, 3.8) is 0 Å². The van der Waals surface area contributed by atoms with Gasteiger partial charge in [-0.15, -0.1) is 0 Å². The number of carbonyl (C=O) groups excluding carboxylic acids is 1. The van der Waals surface area contributed by atoms with Gasteiger partial charge in [0.05, 0.1) is 5.92 Å². The lowest BCUT2D eigenvalue weighted by molar-refractivity contribution is -0.391. The van der Waals surface area contributed by atoms with Crippen LogP contribution in [0, 0.1) is 5.92 Å². The summed E-state index contributed by atoms with van der Waals surface area (Å²) in [5.41, 5.74) is 6.42. The van der Waals surface area contributed by atoms with Crippen LogP contribution in [0.5, 0.6) is 0 Å². The molecular weight excluding hydrogens is 543 g/mol. The molecule has 0 heterocycles. The van der Waals surface area contributed by atoms with Gasteiger partial charge in [-0.1, -0.05) is 91.0 Å². The summed E-state index contributed by atoms with van der Waals surface area (Å²) in [6, 6.07) is 26.4. The SMILES string of the molecule is [Br-].[NH3+][C@@H](Cc1ccccc1)P(=O)(O)C[C@H](Cc1ccccc1)C(=O)N[C@@H](Cc1ccccc1)C(=O)O. The van der Waals surface area contributed by atoms with E-state index in [-0.39, 0.29) is 36.0 Å².